The largest absolute Gasteiger partial charge is 0.270 e. The lowest BCUT2D eigenvalue weighted by atomic mass is 10.5. The van der Waals surface area contributed by atoms with Crippen LogP contribution in [0.3, 0.4) is 0 Å². The molecule has 0 saturated heterocycles. The summed E-state index contributed by atoms with van der Waals surface area (Å²) in [6, 6.07) is 0. The molecule has 0 atom stereocenters. The topological polar surface area (TPSA) is 64.0 Å². The normalized spacial score (nSPS) is 11.9. The van der Waals surface area contributed by atoms with Gasteiger partial charge in [0.15, 0.2) is 0 Å². The molecule has 13 heavy (non-hydrogen) atoms. The van der Waals surface area contributed by atoms with Crippen molar-refractivity contribution >= 4 is 21.6 Å². The first-order chi connectivity index (χ1) is 5.96. The Labute approximate surface area is 81.7 Å². The van der Waals surface area contributed by atoms with Gasteiger partial charge in [-0.25, -0.2) is 13.1 Å². The molecule has 0 spiro atoms. The maximum absolute atomic E-state index is 11.2. The summed E-state index contributed by atoms with van der Waals surface area (Å²) in [6.07, 6.45) is 1.42. The summed E-state index contributed by atoms with van der Waals surface area (Å²) in [5.41, 5.74) is 0.482. The third kappa shape index (κ3) is 2.43. The van der Waals surface area contributed by atoms with E-state index in [-0.39, 0.29) is 5.75 Å². The summed E-state index contributed by atoms with van der Waals surface area (Å²) in [5.74, 6) is -0.154. The number of hydrogen-bond donors (Lipinski definition) is 1. The molecule has 0 fully saturated rings. The molecule has 0 amide bonds. The van der Waals surface area contributed by atoms with Crippen molar-refractivity contribution in [2.24, 2.45) is 7.05 Å². The van der Waals surface area contributed by atoms with Crippen molar-refractivity contribution in [2.75, 3.05) is 7.05 Å². The summed E-state index contributed by atoms with van der Waals surface area (Å²) >= 11 is 5.73. The summed E-state index contributed by atoms with van der Waals surface area (Å²) in [7, 11) is -0.277. The molecule has 0 unspecified atom stereocenters. The van der Waals surface area contributed by atoms with Crippen LogP contribution in [0, 0.1) is 0 Å². The van der Waals surface area contributed by atoms with E-state index in [2.05, 4.69) is 9.82 Å². The zero-order chi connectivity index (χ0) is 10.1. The van der Waals surface area contributed by atoms with Crippen LogP contribution in [-0.2, 0) is 22.8 Å². The van der Waals surface area contributed by atoms with Gasteiger partial charge >= 0.3 is 0 Å². The highest BCUT2D eigenvalue weighted by molar-refractivity contribution is 7.88. The van der Waals surface area contributed by atoms with Gasteiger partial charge in [0.2, 0.25) is 10.0 Å². The average Bonchev–Trinajstić information content (AvgIpc) is 2.36. The van der Waals surface area contributed by atoms with Gasteiger partial charge in [0.05, 0.1) is 16.9 Å². The van der Waals surface area contributed by atoms with Crippen LogP contribution in [0.25, 0.3) is 0 Å². The first kappa shape index (κ1) is 10.5. The van der Waals surface area contributed by atoms with E-state index in [1.165, 1.54) is 17.9 Å². The fourth-order valence-electron chi connectivity index (χ4n) is 0.851. The lowest BCUT2D eigenvalue weighted by Crippen LogP contribution is -2.21. The van der Waals surface area contributed by atoms with Gasteiger partial charge in [0, 0.05) is 7.05 Å². The van der Waals surface area contributed by atoms with Crippen molar-refractivity contribution in [2.45, 2.75) is 5.75 Å². The summed E-state index contributed by atoms with van der Waals surface area (Å²) < 4.78 is 26.0. The highest BCUT2D eigenvalue weighted by atomic mass is 35.5. The second-order valence-electron chi connectivity index (χ2n) is 2.53. The Morgan fingerprint density at radius 2 is 2.31 bits per heavy atom. The van der Waals surface area contributed by atoms with Crippen LogP contribution in [0.15, 0.2) is 6.20 Å². The minimum atomic E-state index is -3.28. The summed E-state index contributed by atoms with van der Waals surface area (Å²) in [4.78, 5) is 0. The SMILES string of the molecule is CNS(=O)(=O)Cc1c(Cl)cnn1C. The molecule has 1 rings (SSSR count). The Bertz CT molecular complexity index is 379. The van der Waals surface area contributed by atoms with Gasteiger partial charge in [-0.15, -0.1) is 0 Å². The summed E-state index contributed by atoms with van der Waals surface area (Å²) in [5, 5.41) is 4.19. The predicted molar refractivity (Wildman–Crippen MR) is 49.9 cm³/mol. The lowest BCUT2D eigenvalue weighted by Gasteiger charge is -2.03. The van der Waals surface area contributed by atoms with Crippen LogP contribution in [0.2, 0.25) is 5.02 Å². The first-order valence-electron chi connectivity index (χ1n) is 3.54. The number of halogens is 1. The minimum Gasteiger partial charge on any atom is -0.270 e. The molecule has 0 saturated carbocycles. The van der Waals surface area contributed by atoms with E-state index >= 15 is 0 Å². The second kappa shape index (κ2) is 3.65. The molecule has 74 valence electrons. The van der Waals surface area contributed by atoms with Crippen molar-refractivity contribution in [1.82, 2.24) is 14.5 Å². The molecule has 0 radical (unpaired) electrons. The number of aromatic nitrogens is 2. The molecule has 1 aromatic rings. The fourth-order valence-corrected chi connectivity index (χ4v) is 2.01. The molecular formula is C6H10ClN3O2S. The number of hydrogen-bond acceptors (Lipinski definition) is 3. The Balaban J connectivity index is 2.99. The molecule has 0 aromatic carbocycles. The molecular weight excluding hydrogens is 214 g/mol. The monoisotopic (exact) mass is 223 g/mol. The van der Waals surface area contributed by atoms with Gasteiger partial charge in [-0.05, 0) is 7.05 Å². The van der Waals surface area contributed by atoms with Crippen molar-refractivity contribution in [3.63, 3.8) is 0 Å². The van der Waals surface area contributed by atoms with Gasteiger partial charge in [-0.1, -0.05) is 11.6 Å². The fraction of sp³-hybridized carbons (Fsp3) is 0.500. The Morgan fingerprint density at radius 1 is 1.69 bits per heavy atom. The van der Waals surface area contributed by atoms with Gasteiger partial charge in [-0.2, -0.15) is 5.10 Å². The minimum absolute atomic E-state index is 0.154. The van der Waals surface area contributed by atoms with E-state index in [1.54, 1.807) is 7.05 Å². The quantitative estimate of drug-likeness (QED) is 0.792. The number of nitrogens with zero attached hydrogens (tertiary/aromatic N) is 2. The van der Waals surface area contributed by atoms with Gasteiger partial charge < -0.3 is 0 Å². The summed E-state index contributed by atoms with van der Waals surface area (Å²) in [6.45, 7) is 0. The van der Waals surface area contributed by atoms with E-state index in [0.717, 1.165) is 0 Å². The average molecular weight is 224 g/mol. The van der Waals surface area contributed by atoms with Crippen LogP contribution in [0.4, 0.5) is 0 Å². The first-order valence-corrected chi connectivity index (χ1v) is 5.57. The van der Waals surface area contributed by atoms with E-state index < -0.39 is 10.0 Å². The smallest absolute Gasteiger partial charge is 0.217 e. The Hall–Kier alpha value is -0.590. The van der Waals surface area contributed by atoms with Gasteiger partial charge in [-0.3, -0.25) is 4.68 Å². The molecule has 7 heteroatoms. The molecule has 5 nitrogen and oxygen atoms in total. The van der Waals surface area contributed by atoms with E-state index in [1.807, 2.05) is 0 Å². The Kier molecular flexibility index (Phi) is 2.94. The predicted octanol–water partition coefficient (Wildman–Crippen LogP) is 0.123. The van der Waals surface area contributed by atoms with Crippen molar-refractivity contribution in [3.05, 3.63) is 16.9 Å². The number of nitrogens with one attached hydrogen (secondary N) is 1. The van der Waals surface area contributed by atoms with Crippen LogP contribution in [0.1, 0.15) is 5.69 Å². The molecule has 0 aliphatic rings. The molecule has 1 aromatic heterocycles. The number of rotatable bonds is 3. The third-order valence-electron chi connectivity index (χ3n) is 1.65. The molecule has 0 bridgehead atoms. The van der Waals surface area contributed by atoms with E-state index in [4.69, 9.17) is 11.6 Å². The van der Waals surface area contributed by atoms with E-state index in [9.17, 15) is 8.42 Å². The lowest BCUT2D eigenvalue weighted by molar-refractivity contribution is 0.584. The second-order valence-corrected chi connectivity index (χ2v) is 4.86. The zero-order valence-corrected chi connectivity index (χ0v) is 8.85. The van der Waals surface area contributed by atoms with Crippen LogP contribution in [0.5, 0.6) is 0 Å². The zero-order valence-electron chi connectivity index (χ0n) is 7.28. The molecule has 1 N–H and O–H groups in total. The van der Waals surface area contributed by atoms with Gasteiger partial charge in [0.25, 0.3) is 0 Å². The maximum Gasteiger partial charge on any atom is 0.217 e. The van der Waals surface area contributed by atoms with Crippen molar-refractivity contribution in [1.29, 1.82) is 0 Å². The maximum atomic E-state index is 11.2. The van der Waals surface area contributed by atoms with Crippen LogP contribution < -0.4 is 4.72 Å². The van der Waals surface area contributed by atoms with Crippen LogP contribution in [-0.4, -0.2) is 25.2 Å². The third-order valence-corrected chi connectivity index (χ3v) is 3.24. The standard InChI is InChI=1S/C6H10ClN3O2S/c1-8-13(11,12)4-6-5(7)3-9-10(6)2/h3,8H,4H2,1-2H3. The Morgan fingerprint density at radius 3 is 2.69 bits per heavy atom. The number of aryl methyl sites for hydroxylation is 1. The molecule has 1 heterocycles. The highest BCUT2D eigenvalue weighted by Gasteiger charge is 2.14. The van der Waals surface area contributed by atoms with Crippen molar-refractivity contribution in [3.8, 4) is 0 Å². The highest BCUT2D eigenvalue weighted by Crippen LogP contribution is 2.15. The van der Waals surface area contributed by atoms with E-state index in [0.29, 0.717) is 10.7 Å². The molecule has 0 aliphatic carbocycles. The molecule has 0 aliphatic heterocycles. The van der Waals surface area contributed by atoms with Gasteiger partial charge in [0.1, 0.15) is 5.75 Å². The van der Waals surface area contributed by atoms with Crippen molar-refractivity contribution < 1.29 is 8.42 Å². The van der Waals surface area contributed by atoms with Crippen LogP contribution >= 0.6 is 11.6 Å². The number of sulfonamides is 1.